The third-order valence-electron chi connectivity index (χ3n) is 4.25. The fourth-order valence-electron chi connectivity index (χ4n) is 3.07. The topological polar surface area (TPSA) is 75.7 Å². The second-order valence-electron chi connectivity index (χ2n) is 5.70. The lowest BCUT2D eigenvalue weighted by Crippen LogP contribution is -2.38. The zero-order valence-corrected chi connectivity index (χ0v) is 12.8. The molecule has 3 amide bonds. The van der Waals surface area contributed by atoms with E-state index in [0.29, 0.717) is 24.3 Å². The third-order valence-corrected chi connectivity index (χ3v) is 4.25. The Morgan fingerprint density at radius 2 is 1.87 bits per heavy atom. The third kappa shape index (κ3) is 2.97. The fraction of sp³-hybridized carbons (Fsp3) is 0.353. The monoisotopic (exact) mass is 314 g/mol. The molecule has 0 saturated carbocycles. The van der Waals surface area contributed by atoms with Crippen molar-refractivity contribution in [1.82, 2.24) is 4.90 Å². The van der Waals surface area contributed by atoms with E-state index in [1.165, 1.54) is 7.11 Å². The van der Waals surface area contributed by atoms with Crippen LogP contribution in [0.15, 0.2) is 36.4 Å². The number of methoxy groups -OCH3 is 1. The van der Waals surface area contributed by atoms with Crippen LogP contribution in [0.3, 0.4) is 0 Å². The van der Waals surface area contributed by atoms with Crippen LogP contribution >= 0.6 is 0 Å². The fourth-order valence-corrected chi connectivity index (χ4v) is 3.07. The Kier molecular flexibility index (Phi) is 4.14. The minimum Gasteiger partial charge on any atom is -0.497 e. The number of carbonyl (C=O) groups excluding carboxylic acids is 3. The van der Waals surface area contributed by atoms with Crippen molar-refractivity contribution in [2.75, 3.05) is 19.0 Å². The lowest BCUT2D eigenvalue weighted by Gasteiger charge is -2.14. The molecule has 6 nitrogen and oxygen atoms in total. The number of anilines is 1. The number of imide groups is 1. The largest absolute Gasteiger partial charge is 0.497 e. The molecule has 1 heterocycles. The lowest BCUT2D eigenvalue weighted by atomic mass is 9.85. The van der Waals surface area contributed by atoms with Gasteiger partial charge in [0.15, 0.2) is 0 Å². The first kappa shape index (κ1) is 15.3. The summed E-state index contributed by atoms with van der Waals surface area (Å²) in [5.41, 5.74) is 0.563. The Hall–Kier alpha value is -2.63. The normalized spacial score (nSPS) is 22.9. The SMILES string of the molecule is COc1cccc(NC(=O)CN2C(=O)[C@H]3CC=CC[C@H]3C2=O)c1. The second-order valence-corrected chi connectivity index (χ2v) is 5.70. The van der Waals surface area contributed by atoms with E-state index < -0.39 is 5.91 Å². The number of hydrogen-bond acceptors (Lipinski definition) is 4. The number of amides is 3. The highest BCUT2D eigenvalue weighted by Gasteiger charge is 2.47. The summed E-state index contributed by atoms with van der Waals surface area (Å²) >= 11 is 0. The summed E-state index contributed by atoms with van der Waals surface area (Å²) in [6.45, 7) is -0.248. The van der Waals surface area contributed by atoms with E-state index in [0.717, 1.165) is 4.90 Å². The summed E-state index contributed by atoms with van der Waals surface area (Å²) in [4.78, 5) is 37.9. The number of fused-ring (bicyclic) bond motifs is 1. The van der Waals surface area contributed by atoms with E-state index in [2.05, 4.69) is 5.32 Å². The highest BCUT2D eigenvalue weighted by atomic mass is 16.5. The maximum atomic E-state index is 12.3. The minimum atomic E-state index is -0.397. The molecule has 0 aromatic heterocycles. The number of nitrogens with zero attached hydrogens (tertiary/aromatic N) is 1. The van der Waals surface area contributed by atoms with Crippen molar-refractivity contribution in [2.45, 2.75) is 12.8 Å². The van der Waals surface area contributed by atoms with E-state index in [-0.39, 0.29) is 30.2 Å². The molecule has 2 atom stereocenters. The predicted octanol–water partition coefficient (Wildman–Crippen LogP) is 1.58. The number of rotatable bonds is 4. The summed E-state index contributed by atoms with van der Waals surface area (Å²) in [7, 11) is 1.54. The molecule has 2 aliphatic rings. The van der Waals surface area contributed by atoms with Crippen molar-refractivity contribution in [3.8, 4) is 5.75 Å². The van der Waals surface area contributed by atoms with Crippen molar-refractivity contribution < 1.29 is 19.1 Å². The van der Waals surface area contributed by atoms with Gasteiger partial charge in [-0.25, -0.2) is 0 Å². The average molecular weight is 314 g/mol. The van der Waals surface area contributed by atoms with Crippen LogP contribution in [-0.2, 0) is 14.4 Å². The van der Waals surface area contributed by atoms with Gasteiger partial charge in [0.2, 0.25) is 17.7 Å². The van der Waals surface area contributed by atoms with Crippen molar-refractivity contribution in [1.29, 1.82) is 0 Å². The first-order valence-electron chi connectivity index (χ1n) is 7.54. The Morgan fingerprint density at radius 1 is 1.22 bits per heavy atom. The maximum Gasteiger partial charge on any atom is 0.244 e. The van der Waals surface area contributed by atoms with Gasteiger partial charge in [-0.1, -0.05) is 18.2 Å². The van der Waals surface area contributed by atoms with Crippen LogP contribution in [0.4, 0.5) is 5.69 Å². The van der Waals surface area contributed by atoms with E-state index in [1.54, 1.807) is 24.3 Å². The number of benzene rings is 1. The highest BCUT2D eigenvalue weighted by molar-refractivity contribution is 6.08. The van der Waals surface area contributed by atoms with Crippen LogP contribution in [0.1, 0.15) is 12.8 Å². The van der Waals surface area contributed by atoms with Crippen LogP contribution in [-0.4, -0.2) is 36.3 Å². The molecule has 1 aliphatic carbocycles. The molecule has 1 saturated heterocycles. The number of nitrogens with one attached hydrogen (secondary N) is 1. The van der Waals surface area contributed by atoms with Crippen molar-refractivity contribution in [3.63, 3.8) is 0 Å². The van der Waals surface area contributed by atoms with Crippen molar-refractivity contribution in [2.24, 2.45) is 11.8 Å². The second kappa shape index (κ2) is 6.24. The molecule has 1 N–H and O–H groups in total. The molecule has 1 aromatic carbocycles. The van der Waals surface area contributed by atoms with Crippen LogP contribution in [0.25, 0.3) is 0 Å². The van der Waals surface area contributed by atoms with Crippen LogP contribution in [0, 0.1) is 11.8 Å². The predicted molar refractivity (Wildman–Crippen MR) is 83.7 cm³/mol. The summed E-state index contributed by atoms with van der Waals surface area (Å²) in [6.07, 6.45) is 4.99. The quantitative estimate of drug-likeness (QED) is 0.676. The van der Waals surface area contributed by atoms with Gasteiger partial charge in [0, 0.05) is 11.8 Å². The van der Waals surface area contributed by atoms with Crippen LogP contribution in [0.5, 0.6) is 5.75 Å². The molecule has 6 heteroatoms. The van der Waals surface area contributed by atoms with Crippen molar-refractivity contribution in [3.05, 3.63) is 36.4 Å². The number of hydrogen-bond donors (Lipinski definition) is 1. The molecule has 0 bridgehead atoms. The van der Waals surface area contributed by atoms with Gasteiger partial charge >= 0.3 is 0 Å². The lowest BCUT2D eigenvalue weighted by molar-refractivity contribution is -0.142. The van der Waals surface area contributed by atoms with Crippen LogP contribution in [0.2, 0.25) is 0 Å². The molecular weight excluding hydrogens is 296 g/mol. The summed E-state index contributed by atoms with van der Waals surface area (Å²) in [5, 5.41) is 2.69. The number of allylic oxidation sites excluding steroid dienone is 2. The van der Waals surface area contributed by atoms with E-state index in [9.17, 15) is 14.4 Å². The van der Waals surface area contributed by atoms with Gasteiger partial charge < -0.3 is 10.1 Å². The Balaban J connectivity index is 1.66. The molecular formula is C17H18N2O4. The number of ether oxygens (including phenoxy) is 1. The zero-order valence-electron chi connectivity index (χ0n) is 12.8. The Labute approximate surface area is 134 Å². The van der Waals surface area contributed by atoms with Gasteiger partial charge in [0.25, 0.3) is 0 Å². The Bertz CT molecular complexity index is 657. The van der Waals surface area contributed by atoms with Gasteiger partial charge in [0.05, 0.1) is 18.9 Å². The van der Waals surface area contributed by atoms with Crippen LogP contribution < -0.4 is 10.1 Å². The summed E-state index contributed by atoms with van der Waals surface area (Å²) < 4.78 is 5.09. The molecule has 0 spiro atoms. The molecule has 1 aromatic rings. The van der Waals surface area contributed by atoms with Gasteiger partial charge in [-0.2, -0.15) is 0 Å². The van der Waals surface area contributed by atoms with E-state index in [1.807, 2.05) is 12.2 Å². The first-order valence-corrected chi connectivity index (χ1v) is 7.54. The molecule has 0 unspecified atom stereocenters. The summed E-state index contributed by atoms with van der Waals surface area (Å²) in [6, 6.07) is 6.91. The molecule has 23 heavy (non-hydrogen) atoms. The van der Waals surface area contributed by atoms with Gasteiger partial charge in [0.1, 0.15) is 12.3 Å². The molecule has 0 radical (unpaired) electrons. The molecule has 3 rings (SSSR count). The smallest absolute Gasteiger partial charge is 0.244 e. The van der Waals surface area contributed by atoms with Gasteiger partial charge in [-0.3, -0.25) is 19.3 Å². The minimum absolute atomic E-state index is 0.245. The maximum absolute atomic E-state index is 12.3. The van der Waals surface area contributed by atoms with E-state index >= 15 is 0 Å². The van der Waals surface area contributed by atoms with Gasteiger partial charge in [-0.15, -0.1) is 0 Å². The van der Waals surface area contributed by atoms with Crippen molar-refractivity contribution >= 4 is 23.4 Å². The number of likely N-dealkylation sites (tertiary alicyclic amines) is 1. The standard InChI is InChI=1S/C17H18N2O4/c1-23-12-6-4-5-11(9-12)18-15(20)10-19-16(21)13-7-2-3-8-14(13)17(19)22/h2-6,9,13-14H,7-8,10H2,1H3,(H,18,20)/t13-,14+. The zero-order chi connectivity index (χ0) is 16.4. The Morgan fingerprint density at radius 3 is 2.48 bits per heavy atom. The molecule has 1 fully saturated rings. The van der Waals surface area contributed by atoms with Gasteiger partial charge in [-0.05, 0) is 25.0 Å². The van der Waals surface area contributed by atoms with E-state index in [4.69, 9.17) is 4.74 Å². The highest BCUT2D eigenvalue weighted by Crippen LogP contribution is 2.34. The summed E-state index contributed by atoms with van der Waals surface area (Å²) in [5.74, 6) is -0.885. The average Bonchev–Trinajstić information content (AvgIpc) is 2.80. The molecule has 120 valence electrons. The molecule has 1 aliphatic heterocycles. The number of carbonyl (C=O) groups is 3. The first-order chi connectivity index (χ1) is 11.1.